The number of nitriles is 1. The molecule has 22 heavy (non-hydrogen) atoms. The summed E-state index contributed by atoms with van der Waals surface area (Å²) in [4.78, 5) is -0.0376. The number of halogens is 1. The number of hydrogen-bond donors (Lipinski definition) is 1. The summed E-state index contributed by atoms with van der Waals surface area (Å²) in [6, 6.07) is 11.0. The summed E-state index contributed by atoms with van der Waals surface area (Å²) in [5, 5.41) is 9.05. The lowest BCUT2D eigenvalue weighted by Crippen LogP contribution is -2.14. The highest BCUT2D eigenvalue weighted by Gasteiger charge is 2.22. The van der Waals surface area contributed by atoms with E-state index in [4.69, 9.17) is 21.6 Å². The molecule has 0 unspecified atom stereocenters. The number of hydrogen-bond acceptors (Lipinski definition) is 4. The molecule has 0 bridgehead atoms. The van der Waals surface area contributed by atoms with Crippen LogP contribution in [0, 0.1) is 18.3 Å². The smallest absolute Gasteiger partial charge is 0.265 e. The van der Waals surface area contributed by atoms with Crippen molar-refractivity contribution in [1.82, 2.24) is 0 Å². The molecule has 0 atom stereocenters. The van der Waals surface area contributed by atoms with Gasteiger partial charge in [-0.25, -0.2) is 8.42 Å². The largest absolute Gasteiger partial charge is 0.495 e. The molecule has 5 nitrogen and oxygen atoms in total. The van der Waals surface area contributed by atoms with Gasteiger partial charge in [0.1, 0.15) is 10.6 Å². The molecule has 0 saturated heterocycles. The Hall–Kier alpha value is -2.23. The van der Waals surface area contributed by atoms with Gasteiger partial charge in [-0.05, 0) is 48.9 Å². The van der Waals surface area contributed by atoms with Crippen molar-refractivity contribution in [2.75, 3.05) is 11.8 Å². The third kappa shape index (κ3) is 3.32. The van der Waals surface area contributed by atoms with E-state index in [1.54, 1.807) is 13.0 Å². The number of nitrogens with zero attached hydrogens (tertiary/aromatic N) is 1. The van der Waals surface area contributed by atoms with E-state index >= 15 is 0 Å². The minimum absolute atomic E-state index is 0.0376. The fraction of sp³-hybridized carbons (Fsp3) is 0.133. The molecule has 0 saturated carbocycles. The first-order valence-corrected chi connectivity index (χ1v) is 8.10. The van der Waals surface area contributed by atoms with E-state index in [2.05, 4.69) is 4.72 Å². The molecule has 0 amide bonds. The first-order chi connectivity index (χ1) is 10.4. The molecule has 0 aliphatic carbocycles. The molecule has 0 spiro atoms. The topological polar surface area (TPSA) is 79.2 Å². The fourth-order valence-electron chi connectivity index (χ4n) is 1.98. The molecular formula is C15H13ClN2O3S. The van der Waals surface area contributed by atoms with Crippen molar-refractivity contribution >= 4 is 27.3 Å². The number of sulfonamides is 1. The molecule has 1 N–H and O–H groups in total. The molecule has 0 radical (unpaired) electrons. The van der Waals surface area contributed by atoms with Crippen LogP contribution in [0.1, 0.15) is 11.1 Å². The zero-order valence-electron chi connectivity index (χ0n) is 11.9. The van der Waals surface area contributed by atoms with E-state index in [0.717, 1.165) is 0 Å². The Bertz CT molecular complexity index is 840. The van der Waals surface area contributed by atoms with Gasteiger partial charge >= 0.3 is 0 Å². The van der Waals surface area contributed by atoms with Gasteiger partial charge in [-0.15, -0.1) is 0 Å². The molecular weight excluding hydrogens is 324 g/mol. The second-order valence-electron chi connectivity index (χ2n) is 4.55. The third-order valence-corrected chi connectivity index (χ3v) is 4.57. The summed E-state index contributed by atoms with van der Waals surface area (Å²) >= 11 is 5.94. The summed E-state index contributed by atoms with van der Waals surface area (Å²) in [6.45, 7) is 1.71. The Morgan fingerprint density at radius 1 is 1.23 bits per heavy atom. The second-order valence-corrected chi connectivity index (χ2v) is 6.64. The zero-order valence-corrected chi connectivity index (χ0v) is 13.5. The lowest BCUT2D eigenvalue weighted by atomic mass is 10.2. The molecule has 0 heterocycles. The van der Waals surface area contributed by atoms with Crippen LogP contribution in [0.5, 0.6) is 5.75 Å². The van der Waals surface area contributed by atoms with E-state index < -0.39 is 10.0 Å². The van der Waals surface area contributed by atoms with Crippen molar-refractivity contribution in [3.8, 4) is 11.8 Å². The molecule has 2 rings (SSSR count). The highest BCUT2D eigenvalue weighted by Crippen LogP contribution is 2.32. The average Bonchev–Trinajstić information content (AvgIpc) is 2.47. The number of ether oxygens (including phenoxy) is 1. The number of rotatable bonds is 4. The Labute approximate surface area is 134 Å². The number of methoxy groups -OCH3 is 1. The first kappa shape index (κ1) is 16.1. The van der Waals surface area contributed by atoms with Crippen LogP contribution in [-0.4, -0.2) is 15.5 Å². The summed E-state index contributed by atoms with van der Waals surface area (Å²) in [6.07, 6.45) is 0. The number of nitrogens with one attached hydrogen (secondary N) is 1. The van der Waals surface area contributed by atoms with Gasteiger partial charge in [-0.2, -0.15) is 5.26 Å². The molecule has 2 aromatic rings. The molecule has 0 aliphatic heterocycles. The van der Waals surface area contributed by atoms with Crippen molar-refractivity contribution < 1.29 is 13.2 Å². The molecule has 2 aromatic carbocycles. The maximum absolute atomic E-state index is 12.5. The van der Waals surface area contributed by atoms with Crippen LogP contribution in [0.25, 0.3) is 0 Å². The van der Waals surface area contributed by atoms with Crippen LogP contribution in [-0.2, 0) is 10.0 Å². The van der Waals surface area contributed by atoms with E-state index in [1.165, 1.54) is 37.4 Å². The Morgan fingerprint density at radius 3 is 2.41 bits per heavy atom. The van der Waals surface area contributed by atoms with Crippen molar-refractivity contribution in [3.63, 3.8) is 0 Å². The lowest BCUT2D eigenvalue weighted by Gasteiger charge is -2.14. The summed E-state index contributed by atoms with van der Waals surface area (Å²) in [5.74, 6) is 0.241. The van der Waals surface area contributed by atoms with Crippen LogP contribution in [0.2, 0.25) is 5.02 Å². The SMILES string of the molecule is COc1c(C)cc(Cl)cc1S(=O)(=O)Nc1ccc(C#N)cc1. The van der Waals surface area contributed by atoms with E-state index in [0.29, 0.717) is 21.8 Å². The van der Waals surface area contributed by atoms with Gasteiger partial charge in [-0.3, -0.25) is 4.72 Å². The Morgan fingerprint density at radius 2 is 1.86 bits per heavy atom. The van der Waals surface area contributed by atoms with E-state index in [-0.39, 0.29) is 10.6 Å². The van der Waals surface area contributed by atoms with Gasteiger partial charge in [0.25, 0.3) is 10.0 Å². The monoisotopic (exact) mass is 336 g/mol. The maximum atomic E-state index is 12.5. The van der Waals surface area contributed by atoms with Crippen molar-refractivity contribution in [2.45, 2.75) is 11.8 Å². The highest BCUT2D eigenvalue weighted by molar-refractivity contribution is 7.92. The van der Waals surface area contributed by atoms with Gasteiger partial charge in [0.05, 0.1) is 18.7 Å². The van der Waals surface area contributed by atoms with Gasteiger partial charge in [0, 0.05) is 10.7 Å². The first-order valence-electron chi connectivity index (χ1n) is 6.24. The Balaban J connectivity index is 2.44. The van der Waals surface area contributed by atoms with Crippen LogP contribution >= 0.6 is 11.6 Å². The van der Waals surface area contributed by atoms with Gasteiger partial charge < -0.3 is 4.74 Å². The quantitative estimate of drug-likeness (QED) is 0.928. The fourth-order valence-corrected chi connectivity index (χ4v) is 3.65. The number of aryl methyl sites for hydroxylation is 1. The van der Waals surface area contributed by atoms with Crippen LogP contribution in [0.15, 0.2) is 41.3 Å². The molecule has 0 aromatic heterocycles. The lowest BCUT2D eigenvalue weighted by molar-refractivity contribution is 0.399. The summed E-state index contributed by atoms with van der Waals surface area (Å²) in [5.41, 5.74) is 1.41. The van der Waals surface area contributed by atoms with Crippen LogP contribution in [0.4, 0.5) is 5.69 Å². The van der Waals surface area contributed by atoms with Crippen LogP contribution in [0.3, 0.4) is 0 Å². The van der Waals surface area contributed by atoms with Crippen LogP contribution < -0.4 is 9.46 Å². The molecule has 7 heteroatoms. The van der Waals surface area contributed by atoms with Gasteiger partial charge in [-0.1, -0.05) is 11.6 Å². The van der Waals surface area contributed by atoms with Crippen molar-refractivity contribution in [3.05, 3.63) is 52.5 Å². The minimum Gasteiger partial charge on any atom is -0.495 e. The zero-order chi connectivity index (χ0) is 16.3. The Kier molecular flexibility index (Phi) is 4.59. The molecule has 0 fully saturated rings. The van der Waals surface area contributed by atoms with Crippen molar-refractivity contribution in [1.29, 1.82) is 5.26 Å². The van der Waals surface area contributed by atoms with E-state index in [1.807, 2.05) is 6.07 Å². The predicted molar refractivity (Wildman–Crippen MR) is 84.7 cm³/mol. The van der Waals surface area contributed by atoms with Gasteiger partial charge in [0.15, 0.2) is 0 Å². The molecule has 0 aliphatic rings. The predicted octanol–water partition coefficient (Wildman–Crippen LogP) is 3.33. The standard InChI is InChI=1S/C15H13ClN2O3S/c1-10-7-12(16)8-14(15(10)21-2)22(19,20)18-13-5-3-11(9-17)4-6-13/h3-8,18H,1-2H3. The average molecular weight is 337 g/mol. The number of anilines is 1. The van der Waals surface area contributed by atoms with Gasteiger partial charge in [0.2, 0.25) is 0 Å². The summed E-state index contributed by atoms with van der Waals surface area (Å²) in [7, 11) is -2.46. The third-order valence-electron chi connectivity index (χ3n) is 2.97. The highest BCUT2D eigenvalue weighted by atomic mass is 35.5. The second kappa shape index (κ2) is 6.26. The minimum atomic E-state index is -3.86. The van der Waals surface area contributed by atoms with E-state index in [9.17, 15) is 8.42 Å². The van der Waals surface area contributed by atoms with Crippen molar-refractivity contribution in [2.24, 2.45) is 0 Å². The number of benzene rings is 2. The normalized spacial score (nSPS) is 10.8. The molecule has 114 valence electrons. The maximum Gasteiger partial charge on any atom is 0.265 e. The summed E-state index contributed by atoms with van der Waals surface area (Å²) < 4.78 is 32.7.